The standard InChI is InChI=1S/C30H26Cl2N4O5/c1-36(40-2)29(38)22(12-17-6-4-3-5-7-17)28(35-27(37)25-15-18-13-20(31)8-10-23(18)33-25)41-30(39)26-16-19-14-21(32)9-11-24(19)34-26/h3-11,13-16,22,28,33-34H,12H2,1-2H3,(H,35,37)/t22-,28+/m0/s1. The summed E-state index contributed by atoms with van der Waals surface area (Å²) in [5.41, 5.74) is 2.50. The fourth-order valence-corrected chi connectivity index (χ4v) is 4.91. The lowest BCUT2D eigenvalue weighted by Crippen LogP contribution is -2.50. The highest BCUT2D eigenvalue weighted by Crippen LogP contribution is 2.24. The Hall–Kier alpha value is -4.31. The Morgan fingerprint density at radius 3 is 2.05 bits per heavy atom. The minimum Gasteiger partial charge on any atom is -0.436 e. The van der Waals surface area contributed by atoms with Crippen molar-refractivity contribution in [1.82, 2.24) is 20.3 Å². The van der Waals surface area contributed by atoms with Gasteiger partial charge in [0.15, 0.2) is 6.23 Å². The fourth-order valence-electron chi connectivity index (χ4n) is 4.55. The molecule has 2 amide bonds. The van der Waals surface area contributed by atoms with Gasteiger partial charge < -0.3 is 20.0 Å². The molecular formula is C30H26Cl2N4O5. The van der Waals surface area contributed by atoms with Crippen LogP contribution in [0.1, 0.15) is 26.5 Å². The van der Waals surface area contributed by atoms with Crippen LogP contribution in [0, 0.1) is 5.92 Å². The Bertz CT molecular complexity index is 1640. The van der Waals surface area contributed by atoms with E-state index < -0.39 is 29.9 Å². The van der Waals surface area contributed by atoms with Crippen molar-refractivity contribution in [3.8, 4) is 0 Å². The van der Waals surface area contributed by atoms with Crippen LogP contribution in [0.4, 0.5) is 0 Å². The van der Waals surface area contributed by atoms with Crippen molar-refractivity contribution >= 4 is 62.8 Å². The lowest BCUT2D eigenvalue weighted by Gasteiger charge is -2.29. The first-order valence-electron chi connectivity index (χ1n) is 12.7. The molecule has 2 atom stereocenters. The molecule has 11 heteroatoms. The molecule has 3 N–H and O–H groups in total. The first-order chi connectivity index (χ1) is 19.7. The van der Waals surface area contributed by atoms with Gasteiger partial charge in [-0.2, -0.15) is 0 Å². The summed E-state index contributed by atoms with van der Waals surface area (Å²) in [6, 6.07) is 22.8. The number of H-pyrrole nitrogens is 2. The van der Waals surface area contributed by atoms with Crippen LogP contribution >= 0.6 is 23.2 Å². The van der Waals surface area contributed by atoms with E-state index in [4.69, 9.17) is 32.8 Å². The molecule has 0 aliphatic rings. The summed E-state index contributed by atoms with van der Waals surface area (Å²) in [7, 11) is 2.80. The zero-order valence-corrected chi connectivity index (χ0v) is 23.6. The number of carbonyl (C=O) groups excluding carboxylic acids is 3. The third kappa shape index (κ3) is 6.38. The molecule has 41 heavy (non-hydrogen) atoms. The summed E-state index contributed by atoms with van der Waals surface area (Å²) in [5.74, 6) is -2.88. The largest absolute Gasteiger partial charge is 0.436 e. The Morgan fingerprint density at radius 1 is 0.854 bits per heavy atom. The summed E-state index contributed by atoms with van der Waals surface area (Å²) in [4.78, 5) is 51.6. The lowest BCUT2D eigenvalue weighted by atomic mass is 9.96. The zero-order valence-electron chi connectivity index (χ0n) is 22.1. The number of halogens is 2. The third-order valence-corrected chi connectivity index (χ3v) is 7.17. The number of fused-ring (bicyclic) bond motifs is 2. The van der Waals surface area contributed by atoms with Crippen molar-refractivity contribution in [3.63, 3.8) is 0 Å². The molecule has 0 aliphatic heterocycles. The highest BCUT2D eigenvalue weighted by Gasteiger charge is 2.36. The minimum atomic E-state index is -1.37. The van der Waals surface area contributed by atoms with Gasteiger partial charge >= 0.3 is 5.97 Å². The van der Waals surface area contributed by atoms with Crippen LogP contribution in [0.3, 0.4) is 0 Å². The van der Waals surface area contributed by atoms with Gasteiger partial charge in [-0.1, -0.05) is 53.5 Å². The van der Waals surface area contributed by atoms with Gasteiger partial charge in [-0.05, 0) is 60.5 Å². The smallest absolute Gasteiger partial charge is 0.356 e. The van der Waals surface area contributed by atoms with Gasteiger partial charge in [-0.15, -0.1) is 0 Å². The molecule has 5 rings (SSSR count). The third-order valence-electron chi connectivity index (χ3n) is 6.70. The molecule has 0 saturated heterocycles. The van der Waals surface area contributed by atoms with Gasteiger partial charge in [-0.3, -0.25) is 14.4 Å². The average Bonchev–Trinajstić information content (AvgIpc) is 3.59. The molecule has 0 fully saturated rings. The van der Waals surface area contributed by atoms with Gasteiger partial charge in [0.2, 0.25) is 0 Å². The molecule has 0 aliphatic carbocycles. The first-order valence-corrected chi connectivity index (χ1v) is 13.4. The summed E-state index contributed by atoms with van der Waals surface area (Å²) in [6.07, 6.45) is -1.22. The maximum atomic E-state index is 13.5. The van der Waals surface area contributed by atoms with Gasteiger partial charge in [0.25, 0.3) is 11.8 Å². The number of nitrogens with one attached hydrogen (secondary N) is 3. The quantitative estimate of drug-likeness (QED) is 0.114. The number of amides is 2. The molecule has 0 spiro atoms. The number of rotatable bonds is 9. The summed E-state index contributed by atoms with van der Waals surface area (Å²) < 4.78 is 5.86. The SMILES string of the molecule is CON(C)C(=O)[C@@H](Cc1ccccc1)[C@H](NC(=O)c1cc2cc(Cl)ccc2[nH]1)OC(=O)c1cc2cc(Cl)ccc2[nH]1. The van der Waals surface area contributed by atoms with Crippen LogP contribution in [0.25, 0.3) is 21.8 Å². The molecule has 3 aromatic carbocycles. The molecule has 0 bridgehead atoms. The number of aromatic amines is 2. The number of benzene rings is 3. The van der Waals surface area contributed by atoms with E-state index in [1.807, 2.05) is 30.3 Å². The van der Waals surface area contributed by atoms with E-state index in [2.05, 4.69) is 15.3 Å². The number of hydroxylamine groups is 2. The van der Waals surface area contributed by atoms with Crippen molar-refractivity contribution in [2.45, 2.75) is 12.6 Å². The molecule has 0 saturated carbocycles. The Labute approximate surface area is 245 Å². The van der Waals surface area contributed by atoms with E-state index in [-0.39, 0.29) is 17.8 Å². The van der Waals surface area contributed by atoms with Crippen molar-refractivity contribution in [1.29, 1.82) is 0 Å². The number of hydrogen-bond acceptors (Lipinski definition) is 5. The molecule has 0 unspecified atom stereocenters. The number of carbonyl (C=O) groups is 3. The number of hydrogen-bond donors (Lipinski definition) is 3. The lowest BCUT2D eigenvalue weighted by molar-refractivity contribution is -0.177. The molecule has 9 nitrogen and oxygen atoms in total. The van der Waals surface area contributed by atoms with Crippen molar-refractivity contribution in [3.05, 3.63) is 106 Å². The van der Waals surface area contributed by atoms with Crippen LogP contribution in [0.5, 0.6) is 0 Å². The molecular weight excluding hydrogens is 567 g/mol. The average molecular weight is 593 g/mol. The van der Waals surface area contributed by atoms with E-state index in [0.29, 0.717) is 26.5 Å². The number of esters is 1. The number of ether oxygens (including phenoxy) is 1. The van der Waals surface area contributed by atoms with E-state index in [0.717, 1.165) is 16.0 Å². The van der Waals surface area contributed by atoms with E-state index in [1.165, 1.54) is 14.2 Å². The van der Waals surface area contributed by atoms with Crippen LogP contribution < -0.4 is 5.32 Å². The van der Waals surface area contributed by atoms with Crippen LogP contribution in [0.15, 0.2) is 78.9 Å². The van der Waals surface area contributed by atoms with Gasteiger partial charge in [0.05, 0.1) is 7.11 Å². The molecule has 2 aromatic heterocycles. The number of nitrogens with zero attached hydrogens (tertiary/aromatic N) is 1. The maximum Gasteiger partial charge on any atom is 0.356 e. The molecule has 210 valence electrons. The van der Waals surface area contributed by atoms with Crippen LogP contribution in [0.2, 0.25) is 10.0 Å². The van der Waals surface area contributed by atoms with Gasteiger partial charge in [-0.25, -0.2) is 9.86 Å². The van der Waals surface area contributed by atoms with E-state index >= 15 is 0 Å². The monoisotopic (exact) mass is 592 g/mol. The summed E-state index contributed by atoms with van der Waals surface area (Å²) >= 11 is 12.2. The minimum absolute atomic E-state index is 0.132. The van der Waals surface area contributed by atoms with E-state index in [1.54, 1.807) is 48.5 Å². The highest BCUT2D eigenvalue weighted by molar-refractivity contribution is 6.31. The second-order valence-electron chi connectivity index (χ2n) is 9.44. The predicted molar refractivity (Wildman–Crippen MR) is 157 cm³/mol. The van der Waals surface area contributed by atoms with Crippen molar-refractivity contribution in [2.24, 2.45) is 5.92 Å². The van der Waals surface area contributed by atoms with Gasteiger partial charge in [0.1, 0.15) is 17.3 Å². The van der Waals surface area contributed by atoms with E-state index in [9.17, 15) is 14.4 Å². The zero-order chi connectivity index (χ0) is 29.1. The Balaban J connectivity index is 1.50. The topological polar surface area (TPSA) is 117 Å². The normalized spacial score (nSPS) is 12.7. The maximum absolute atomic E-state index is 13.5. The molecule has 0 radical (unpaired) electrons. The Kier molecular flexibility index (Phi) is 8.30. The van der Waals surface area contributed by atoms with Crippen LogP contribution in [-0.2, 0) is 20.8 Å². The first kappa shape index (κ1) is 28.2. The Morgan fingerprint density at radius 2 is 1.44 bits per heavy atom. The molecule has 5 aromatic rings. The highest BCUT2D eigenvalue weighted by atomic mass is 35.5. The van der Waals surface area contributed by atoms with Crippen LogP contribution in [-0.4, -0.2) is 53.2 Å². The van der Waals surface area contributed by atoms with Gasteiger partial charge in [0, 0.05) is 38.9 Å². The fraction of sp³-hybridized carbons (Fsp3) is 0.167. The predicted octanol–water partition coefficient (Wildman–Crippen LogP) is 5.75. The summed E-state index contributed by atoms with van der Waals surface area (Å²) in [6.45, 7) is 0. The second-order valence-corrected chi connectivity index (χ2v) is 10.3. The van der Waals surface area contributed by atoms with Crippen molar-refractivity contribution < 1.29 is 24.0 Å². The van der Waals surface area contributed by atoms with Crippen molar-refractivity contribution in [2.75, 3.05) is 14.2 Å². The second kappa shape index (κ2) is 12.1. The summed E-state index contributed by atoms with van der Waals surface area (Å²) in [5, 5.41) is 6.25. The molecule has 2 heterocycles. The number of aromatic nitrogens is 2.